The van der Waals surface area contributed by atoms with Gasteiger partial charge in [0.1, 0.15) is 11.8 Å². The maximum atomic E-state index is 13.0. The summed E-state index contributed by atoms with van der Waals surface area (Å²) in [5, 5.41) is 0.498. The molecule has 136 valence electrons. The van der Waals surface area contributed by atoms with Gasteiger partial charge in [-0.05, 0) is 49.7 Å². The molecule has 1 atom stereocenters. The number of ether oxygens (including phenoxy) is 1. The fourth-order valence-electron chi connectivity index (χ4n) is 3.19. The van der Waals surface area contributed by atoms with E-state index in [0.717, 1.165) is 11.3 Å². The third-order valence-electron chi connectivity index (χ3n) is 4.61. The average Bonchev–Trinajstić information content (AvgIpc) is 2.63. The lowest BCUT2D eigenvalue weighted by Crippen LogP contribution is -2.57. The Bertz CT molecular complexity index is 853. The first-order chi connectivity index (χ1) is 12.4. The number of rotatable bonds is 3. The van der Waals surface area contributed by atoms with E-state index in [2.05, 4.69) is 0 Å². The van der Waals surface area contributed by atoms with E-state index in [1.807, 2.05) is 25.1 Å². The Hall–Kier alpha value is -2.53. The Morgan fingerprint density at radius 3 is 2.65 bits per heavy atom. The molecule has 0 N–H and O–H groups in total. The van der Waals surface area contributed by atoms with Crippen LogP contribution in [-0.2, 0) is 4.79 Å². The molecule has 2 aromatic carbocycles. The second kappa shape index (κ2) is 7.38. The van der Waals surface area contributed by atoms with Crippen LogP contribution >= 0.6 is 11.6 Å². The minimum atomic E-state index is -0.569. The van der Waals surface area contributed by atoms with E-state index in [0.29, 0.717) is 29.4 Å². The van der Waals surface area contributed by atoms with Gasteiger partial charge in [-0.2, -0.15) is 0 Å². The summed E-state index contributed by atoms with van der Waals surface area (Å²) in [7, 11) is 1.58. The molecule has 0 bridgehead atoms. The molecule has 0 radical (unpaired) electrons. The fourth-order valence-corrected chi connectivity index (χ4v) is 3.38. The smallest absolute Gasteiger partial charge is 0.254 e. The van der Waals surface area contributed by atoms with Crippen molar-refractivity contribution in [3.05, 3.63) is 58.6 Å². The first-order valence-corrected chi connectivity index (χ1v) is 8.82. The molecule has 0 spiro atoms. The Balaban J connectivity index is 1.85. The van der Waals surface area contributed by atoms with Crippen molar-refractivity contribution in [1.82, 2.24) is 4.90 Å². The van der Waals surface area contributed by atoms with Crippen molar-refractivity contribution >= 4 is 29.1 Å². The molecule has 26 heavy (non-hydrogen) atoms. The molecule has 1 unspecified atom stereocenters. The standard InChI is InChI=1S/C20H21ClN2O3/c1-13-7-8-18(26-3)17(11-13)23-10-9-22(14(2)19(23)24)20(25)15-5-4-6-16(21)12-15/h4-8,11-12,14H,9-10H2,1-3H3. The van der Waals surface area contributed by atoms with Crippen LogP contribution in [0.5, 0.6) is 5.75 Å². The van der Waals surface area contributed by atoms with Gasteiger partial charge in [0.25, 0.3) is 5.91 Å². The van der Waals surface area contributed by atoms with Gasteiger partial charge in [0, 0.05) is 23.7 Å². The zero-order valence-electron chi connectivity index (χ0n) is 15.0. The summed E-state index contributed by atoms with van der Waals surface area (Å²) in [5.41, 5.74) is 2.26. The number of nitrogens with zero attached hydrogens (tertiary/aromatic N) is 2. The van der Waals surface area contributed by atoms with Crippen molar-refractivity contribution in [2.75, 3.05) is 25.1 Å². The second-order valence-electron chi connectivity index (χ2n) is 6.35. The number of hydrogen-bond donors (Lipinski definition) is 0. The van der Waals surface area contributed by atoms with Gasteiger partial charge in [0.05, 0.1) is 12.8 Å². The molecule has 2 aromatic rings. The monoisotopic (exact) mass is 372 g/mol. The van der Waals surface area contributed by atoms with Gasteiger partial charge in [0.15, 0.2) is 0 Å². The highest BCUT2D eigenvalue weighted by Gasteiger charge is 2.36. The molecule has 2 amide bonds. The summed E-state index contributed by atoms with van der Waals surface area (Å²) in [6.07, 6.45) is 0. The zero-order valence-corrected chi connectivity index (χ0v) is 15.8. The summed E-state index contributed by atoms with van der Waals surface area (Å²) >= 11 is 5.98. The predicted molar refractivity (Wildman–Crippen MR) is 102 cm³/mol. The van der Waals surface area contributed by atoms with E-state index in [4.69, 9.17) is 16.3 Å². The minimum absolute atomic E-state index is 0.129. The van der Waals surface area contributed by atoms with Gasteiger partial charge in [-0.3, -0.25) is 9.59 Å². The van der Waals surface area contributed by atoms with Crippen LogP contribution in [0.15, 0.2) is 42.5 Å². The summed E-state index contributed by atoms with van der Waals surface area (Å²) in [6, 6.07) is 11.9. The van der Waals surface area contributed by atoms with E-state index < -0.39 is 6.04 Å². The summed E-state index contributed by atoms with van der Waals surface area (Å²) in [4.78, 5) is 29.1. The van der Waals surface area contributed by atoms with Crippen LogP contribution in [0, 0.1) is 6.92 Å². The highest BCUT2D eigenvalue weighted by atomic mass is 35.5. The van der Waals surface area contributed by atoms with E-state index in [-0.39, 0.29) is 11.8 Å². The maximum Gasteiger partial charge on any atom is 0.254 e. The number of piperazine rings is 1. The van der Waals surface area contributed by atoms with E-state index in [9.17, 15) is 9.59 Å². The summed E-state index contributed by atoms with van der Waals surface area (Å²) < 4.78 is 5.40. The van der Waals surface area contributed by atoms with Crippen molar-refractivity contribution in [1.29, 1.82) is 0 Å². The molecule has 1 heterocycles. The quantitative estimate of drug-likeness (QED) is 0.828. The highest BCUT2D eigenvalue weighted by Crippen LogP contribution is 2.32. The average molecular weight is 373 g/mol. The largest absolute Gasteiger partial charge is 0.495 e. The Morgan fingerprint density at radius 1 is 1.19 bits per heavy atom. The lowest BCUT2D eigenvalue weighted by atomic mass is 10.1. The van der Waals surface area contributed by atoms with E-state index in [1.54, 1.807) is 48.1 Å². The summed E-state index contributed by atoms with van der Waals surface area (Å²) in [6.45, 7) is 4.57. The van der Waals surface area contributed by atoms with Gasteiger partial charge in [-0.25, -0.2) is 0 Å². The molecular weight excluding hydrogens is 352 g/mol. The van der Waals surface area contributed by atoms with Gasteiger partial charge in [-0.1, -0.05) is 23.7 Å². The minimum Gasteiger partial charge on any atom is -0.495 e. The molecule has 1 aliphatic heterocycles. The van der Waals surface area contributed by atoms with E-state index >= 15 is 0 Å². The molecule has 3 rings (SSSR count). The normalized spacial score (nSPS) is 17.4. The van der Waals surface area contributed by atoms with Crippen molar-refractivity contribution in [3.63, 3.8) is 0 Å². The first kappa shape index (κ1) is 18.3. The van der Waals surface area contributed by atoms with Gasteiger partial charge >= 0.3 is 0 Å². The summed E-state index contributed by atoms with van der Waals surface area (Å²) in [5.74, 6) is 0.325. The number of halogens is 1. The number of hydrogen-bond acceptors (Lipinski definition) is 3. The zero-order chi connectivity index (χ0) is 18.8. The third-order valence-corrected chi connectivity index (χ3v) is 4.85. The Labute approximate surface area is 158 Å². The van der Waals surface area contributed by atoms with Crippen LogP contribution in [0.25, 0.3) is 0 Å². The number of carbonyl (C=O) groups excluding carboxylic acids is 2. The van der Waals surface area contributed by atoms with Crippen LogP contribution in [0.4, 0.5) is 5.69 Å². The van der Waals surface area contributed by atoms with Gasteiger partial charge < -0.3 is 14.5 Å². The maximum absolute atomic E-state index is 13.0. The molecule has 0 saturated carbocycles. The highest BCUT2D eigenvalue weighted by molar-refractivity contribution is 6.31. The predicted octanol–water partition coefficient (Wildman–Crippen LogP) is 3.53. The second-order valence-corrected chi connectivity index (χ2v) is 6.79. The number of anilines is 1. The number of amides is 2. The fraction of sp³-hybridized carbons (Fsp3) is 0.300. The number of aryl methyl sites for hydroxylation is 1. The van der Waals surface area contributed by atoms with Crippen molar-refractivity contribution in [2.24, 2.45) is 0 Å². The van der Waals surface area contributed by atoms with Crippen LogP contribution in [-0.4, -0.2) is 43.0 Å². The third kappa shape index (κ3) is 3.40. The molecule has 1 saturated heterocycles. The Morgan fingerprint density at radius 2 is 1.96 bits per heavy atom. The van der Waals surface area contributed by atoms with Gasteiger partial charge in [-0.15, -0.1) is 0 Å². The first-order valence-electron chi connectivity index (χ1n) is 8.45. The molecular formula is C20H21ClN2O3. The Kier molecular flexibility index (Phi) is 5.18. The lowest BCUT2D eigenvalue weighted by molar-refractivity contribution is -0.124. The molecule has 6 heteroatoms. The lowest BCUT2D eigenvalue weighted by Gasteiger charge is -2.39. The number of methoxy groups -OCH3 is 1. The van der Waals surface area contributed by atoms with Crippen molar-refractivity contribution in [3.8, 4) is 5.75 Å². The molecule has 1 aliphatic rings. The SMILES string of the molecule is COc1ccc(C)cc1N1CCN(C(=O)c2cccc(Cl)c2)C(C)C1=O. The molecule has 0 aromatic heterocycles. The van der Waals surface area contributed by atoms with Crippen LogP contribution in [0.3, 0.4) is 0 Å². The van der Waals surface area contributed by atoms with Crippen molar-refractivity contribution < 1.29 is 14.3 Å². The molecule has 1 fully saturated rings. The number of benzene rings is 2. The molecule has 0 aliphatic carbocycles. The van der Waals surface area contributed by atoms with E-state index in [1.165, 1.54) is 0 Å². The number of carbonyl (C=O) groups is 2. The van der Waals surface area contributed by atoms with Crippen molar-refractivity contribution in [2.45, 2.75) is 19.9 Å². The van der Waals surface area contributed by atoms with Gasteiger partial charge in [0.2, 0.25) is 5.91 Å². The van der Waals surface area contributed by atoms with Crippen LogP contribution < -0.4 is 9.64 Å². The topological polar surface area (TPSA) is 49.9 Å². The van der Waals surface area contributed by atoms with Crippen LogP contribution in [0.2, 0.25) is 5.02 Å². The van der Waals surface area contributed by atoms with Crippen LogP contribution in [0.1, 0.15) is 22.8 Å². The molecule has 5 nitrogen and oxygen atoms in total.